The van der Waals surface area contributed by atoms with Gasteiger partial charge in [-0.05, 0) is 6.07 Å². The Morgan fingerprint density at radius 3 is 2.24 bits per heavy atom. The van der Waals surface area contributed by atoms with Gasteiger partial charge in [-0.25, -0.2) is 0 Å². The van der Waals surface area contributed by atoms with Gasteiger partial charge in [-0.1, -0.05) is 0 Å². The molecule has 2 N–H and O–H groups in total. The first-order valence-electron chi connectivity index (χ1n) is 5.54. The van der Waals surface area contributed by atoms with Gasteiger partial charge in [0.15, 0.2) is 5.43 Å². The fourth-order valence-corrected chi connectivity index (χ4v) is 1.77. The van der Waals surface area contributed by atoms with E-state index in [-0.39, 0.29) is 0 Å². The third-order valence-electron chi connectivity index (χ3n) is 2.72. The van der Waals surface area contributed by atoms with Crippen molar-refractivity contribution >= 4 is 11.4 Å². The fraction of sp³-hybridized carbons (Fsp3) is 0.0833. The molecule has 0 aliphatic heterocycles. The number of halogens is 3. The van der Waals surface area contributed by atoms with Crippen molar-refractivity contribution in [3.63, 3.8) is 0 Å². The molecule has 0 aliphatic carbocycles. The number of nitrogens with zero attached hydrogens (tertiary/aromatic N) is 2. The predicted molar refractivity (Wildman–Crippen MR) is 68.1 cm³/mol. The van der Waals surface area contributed by atoms with Gasteiger partial charge >= 0.3 is 6.18 Å². The lowest BCUT2D eigenvalue weighted by molar-refractivity contribution is -0.383. The number of pyridine rings is 1. The van der Waals surface area contributed by atoms with Crippen LogP contribution in [0.1, 0.15) is 5.56 Å². The van der Waals surface area contributed by atoms with E-state index in [0.29, 0.717) is 6.07 Å². The first kappa shape index (κ1) is 14.6. The number of nitrogen functional groups attached to an aromatic ring is 1. The van der Waals surface area contributed by atoms with Gasteiger partial charge < -0.3 is 10.3 Å². The molecule has 0 unspecified atom stereocenters. The van der Waals surface area contributed by atoms with Crippen molar-refractivity contribution in [2.75, 3.05) is 5.73 Å². The molecule has 1 heterocycles. The Balaban J connectivity index is 2.77. The lowest BCUT2D eigenvalue weighted by Crippen LogP contribution is -2.13. The molecule has 2 aromatic rings. The number of hydrogen-bond acceptors (Lipinski definition) is 4. The van der Waals surface area contributed by atoms with E-state index < -0.39 is 39.2 Å². The third kappa shape index (κ3) is 2.86. The minimum Gasteiger partial charge on any atom is -0.393 e. The Labute approximate surface area is 115 Å². The minimum atomic E-state index is -4.75. The van der Waals surface area contributed by atoms with Crippen molar-refractivity contribution in [1.29, 1.82) is 0 Å². The van der Waals surface area contributed by atoms with Gasteiger partial charge in [0.25, 0.3) is 5.69 Å². The van der Waals surface area contributed by atoms with Crippen LogP contribution in [0, 0.1) is 10.1 Å². The smallest absolute Gasteiger partial charge is 0.393 e. The lowest BCUT2D eigenvalue weighted by atomic mass is 10.1. The SMILES string of the molecule is Nc1cc(C(F)(F)F)c(-n2ccc(=O)cc2)cc1[N+](=O)[O-]. The molecule has 0 spiro atoms. The number of benzene rings is 1. The van der Waals surface area contributed by atoms with Crippen LogP contribution in [-0.2, 0) is 6.18 Å². The summed E-state index contributed by atoms with van der Waals surface area (Å²) in [5.41, 5.74) is 2.05. The molecule has 2 rings (SSSR count). The highest BCUT2D eigenvalue weighted by Crippen LogP contribution is 2.38. The summed E-state index contributed by atoms with van der Waals surface area (Å²) in [7, 11) is 0. The monoisotopic (exact) mass is 299 g/mol. The Hall–Kier alpha value is -2.84. The molecule has 0 saturated heterocycles. The number of rotatable bonds is 2. The molecular weight excluding hydrogens is 291 g/mol. The van der Waals surface area contributed by atoms with Crippen LogP contribution < -0.4 is 11.2 Å². The summed E-state index contributed by atoms with van der Waals surface area (Å²) in [6.45, 7) is 0. The van der Waals surface area contributed by atoms with E-state index >= 15 is 0 Å². The van der Waals surface area contributed by atoms with Crippen LogP contribution >= 0.6 is 0 Å². The van der Waals surface area contributed by atoms with Gasteiger partial charge in [-0.2, -0.15) is 13.2 Å². The molecule has 0 radical (unpaired) electrons. The van der Waals surface area contributed by atoms with Crippen LogP contribution in [0.4, 0.5) is 24.5 Å². The number of aromatic nitrogens is 1. The zero-order chi connectivity index (χ0) is 15.8. The molecule has 0 bridgehead atoms. The van der Waals surface area contributed by atoms with Crippen molar-refractivity contribution in [1.82, 2.24) is 4.57 Å². The first-order valence-corrected chi connectivity index (χ1v) is 5.54. The lowest BCUT2D eigenvalue weighted by Gasteiger charge is -2.15. The molecule has 6 nitrogen and oxygen atoms in total. The standard InChI is InChI=1S/C12H8F3N3O3/c13-12(14,15)8-5-9(16)11(18(20)21)6-10(8)17-3-1-7(19)2-4-17/h1-6H,16H2. The van der Waals surface area contributed by atoms with Crippen LogP contribution in [-0.4, -0.2) is 9.49 Å². The fourth-order valence-electron chi connectivity index (χ4n) is 1.77. The molecule has 0 amide bonds. The number of alkyl halides is 3. The average Bonchev–Trinajstić information content (AvgIpc) is 2.38. The quantitative estimate of drug-likeness (QED) is 0.523. The molecule has 0 atom stereocenters. The van der Waals surface area contributed by atoms with Crippen molar-refractivity contribution < 1.29 is 18.1 Å². The van der Waals surface area contributed by atoms with Gasteiger partial charge in [-0.15, -0.1) is 0 Å². The zero-order valence-electron chi connectivity index (χ0n) is 10.3. The number of nitro groups is 1. The molecule has 0 saturated carbocycles. The Morgan fingerprint density at radius 2 is 1.76 bits per heavy atom. The van der Waals surface area contributed by atoms with Gasteiger partial charge in [0, 0.05) is 30.6 Å². The Morgan fingerprint density at radius 1 is 1.19 bits per heavy atom. The van der Waals surface area contributed by atoms with Gasteiger partial charge in [0.05, 0.1) is 16.2 Å². The summed E-state index contributed by atoms with van der Waals surface area (Å²) in [5, 5.41) is 10.8. The van der Waals surface area contributed by atoms with Crippen molar-refractivity contribution in [2.45, 2.75) is 6.18 Å². The van der Waals surface area contributed by atoms with Gasteiger partial charge in [0.1, 0.15) is 5.69 Å². The Kier molecular flexibility index (Phi) is 3.42. The van der Waals surface area contributed by atoms with Crippen LogP contribution in [0.2, 0.25) is 0 Å². The zero-order valence-corrected chi connectivity index (χ0v) is 10.3. The average molecular weight is 299 g/mol. The maximum atomic E-state index is 13.0. The van der Waals surface area contributed by atoms with E-state index in [1.807, 2.05) is 0 Å². The first-order chi connectivity index (χ1) is 9.70. The summed E-state index contributed by atoms with van der Waals surface area (Å²) in [4.78, 5) is 20.9. The van der Waals surface area contributed by atoms with Gasteiger partial charge in [0.2, 0.25) is 0 Å². The van der Waals surface area contributed by atoms with Crippen LogP contribution in [0.25, 0.3) is 5.69 Å². The van der Waals surface area contributed by atoms with Crippen LogP contribution in [0.5, 0.6) is 0 Å². The number of nitrogens with two attached hydrogens (primary N) is 1. The molecule has 9 heteroatoms. The van der Waals surface area contributed by atoms with E-state index in [1.165, 1.54) is 0 Å². The Bertz CT molecular complexity index is 748. The van der Waals surface area contributed by atoms with E-state index in [2.05, 4.69) is 0 Å². The van der Waals surface area contributed by atoms with Gasteiger partial charge in [-0.3, -0.25) is 14.9 Å². The van der Waals surface area contributed by atoms with E-state index in [9.17, 15) is 28.1 Å². The maximum Gasteiger partial charge on any atom is 0.418 e. The second kappa shape index (κ2) is 4.93. The molecule has 0 fully saturated rings. The molecule has 21 heavy (non-hydrogen) atoms. The third-order valence-corrected chi connectivity index (χ3v) is 2.72. The van der Waals surface area contributed by atoms with Crippen molar-refractivity contribution in [3.05, 3.63) is 62.6 Å². The summed E-state index contributed by atoms with van der Waals surface area (Å²) < 4.78 is 40.0. The van der Waals surface area contributed by atoms with E-state index in [1.54, 1.807) is 0 Å². The highest BCUT2D eigenvalue weighted by molar-refractivity contribution is 5.66. The summed E-state index contributed by atoms with van der Waals surface area (Å²) in [6, 6.07) is 3.32. The highest BCUT2D eigenvalue weighted by Gasteiger charge is 2.36. The van der Waals surface area contributed by atoms with Crippen LogP contribution in [0.15, 0.2) is 41.5 Å². The summed E-state index contributed by atoms with van der Waals surface area (Å²) in [5.74, 6) is 0. The number of nitro benzene ring substituents is 1. The van der Waals surface area contributed by atoms with Crippen molar-refractivity contribution in [2.24, 2.45) is 0 Å². The van der Waals surface area contributed by atoms with E-state index in [0.717, 1.165) is 35.2 Å². The van der Waals surface area contributed by atoms with Crippen molar-refractivity contribution in [3.8, 4) is 5.69 Å². The molecule has 110 valence electrons. The predicted octanol–water partition coefficient (Wildman–Crippen LogP) is 2.35. The molecule has 1 aromatic heterocycles. The van der Waals surface area contributed by atoms with Crippen LogP contribution in [0.3, 0.4) is 0 Å². The number of hydrogen-bond donors (Lipinski definition) is 1. The number of anilines is 1. The normalized spacial score (nSPS) is 11.4. The topological polar surface area (TPSA) is 91.2 Å². The second-order valence-electron chi connectivity index (χ2n) is 4.12. The highest BCUT2D eigenvalue weighted by atomic mass is 19.4. The summed E-state index contributed by atoms with van der Waals surface area (Å²) in [6.07, 6.45) is -2.57. The molecular formula is C12H8F3N3O3. The summed E-state index contributed by atoms with van der Waals surface area (Å²) >= 11 is 0. The maximum absolute atomic E-state index is 13.0. The second-order valence-corrected chi connectivity index (χ2v) is 4.12. The molecule has 0 aliphatic rings. The minimum absolute atomic E-state index is 0.398. The largest absolute Gasteiger partial charge is 0.418 e. The molecule has 1 aromatic carbocycles. The van der Waals surface area contributed by atoms with E-state index in [4.69, 9.17) is 5.73 Å².